The second-order valence-corrected chi connectivity index (χ2v) is 6.58. The second-order valence-electron chi connectivity index (χ2n) is 6.58. The van der Waals surface area contributed by atoms with Gasteiger partial charge in [-0.25, -0.2) is 4.79 Å². The SMILES string of the molecule is CC1CCCN(C(=O)COC(=O)c2ccc3c(c2)CCC(=O)N3)C1. The Morgan fingerprint density at radius 3 is 2.96 bits per heavy atom. The van der Waals surface area contributed by atoms with Gasteiger partial charge in [-0.15, -0.1) is 0 Å². The first-order valence-corrected chi connectivity index (χ1v) is 8.40. The number of nitrogens with zero attached hydrogens (tertiary/aromatic N) is 1. The summed E-state index contributed by atoms with van der Waals surface area (Å²) in [5.41, 5.74) is 2.06. The van der Waals surface area contributed by atoms with Gasteiger partial charge in [-0.1, -0.05) is 6.92 Å². The van der Waals surface area contributed by atoms with Gasteiger partial charge in [0.25, 0.3) is 5.91 Å². The molecule has 6 heteroatoms. The monoisotopic (exact) mass is 330 g/mol. The number of carbonyl (C=O) groups excluding carboxylic acids is 3. The molecule has 0 aliphatic carbocycles. The Morgan fingerprint density at radius 1 is 1.33 bits per heavy atom. The normalized spacial score (nSPS) is 20.1. The molecular weight excluding hydrogens is 308 g/mol. The molecule has 0 bridgehead atoms. The zero-order chi connectivity index (χ0) is 17.1. The first-order valence-electron chi connectivity index (χ1n) is 8.40. The smallest absolute Gasteiger partial charge is 0.338 e. The molecule has 1 aromatic rings. The molecule has 0 radical (unpaired) electrons. The first-order chi connectivity index (χ1) is 11.5. The maximum atomic E-state index is 12.2. The summed E-state index contributed by atoms with van der Waals surface area (Å²) in [4.78, 5) is 37.4. The van der Waals surface area contributed by atoms with Gasteiger partial charge in [0.05, 0.1) is 5.56 Å². The number of fused-ring (bicyclic) bond motifs is 1. The van der Waals surface area contributed by atoms with Crippen LogP contribution in [0.2, 0.25) is 0 Å². The molecule has 1 N–H and O–H groups in total. The molecule has 2 amide bonds. The Morgan fingerprint density at radius 2 is 2.17 bits per heavy atom. The van der Waals surface area contributed by atoms with Crippen molar-refractivity contribution in [2.45, 2.75) is 32.6 Å². The van der Waals surface area contributed by atoms with Crippen LogP contribution < -0.4 is 5.32 Å². The Hall–Kier alpha value is -2.37. The summed E-state index contributed by atoms with van der Waals surface area (Å²) in [6, 6.07) is 5.04. The van der Waals surface area contributed by atoms with E-state index < -0.39 is 5.97 Å². The fourth-order valence-electron chi connectivity index (χ4n) is 3.23. The highest BCUT2D eigenvalue weighted by molar-refractivity contribution is 5.96. The number of ether oxygens (including phenoxy) is 1. The van der Waals surface area contributed by atoms with Gasteiger partial charge in [0.1, 0.15) is 0 Å². The lowest BCUT2D eigenvalue weighted by atomic mass is 10.0. The zero-order valence-electron chi connectivity index (χ0n) is 13.8. The van der Waals surface area contributed by atoms with Crippen molar-refractivity contribution in [1.82, 2.24) is 4.90 Å². The van der Waals surface area contributed by atoms with Crippen LogP contribution >= 0.6 is 0 Å². The maximum Gasteiger partial charge on any atom is 0.338 e. The summed E-state index contributed by atoms with van der Waals surface area (Å²) < 4.78 is 5.17. The highest BCUT2D eigenvalue weighted by atomic mass is 16.5. The van der Waals surface area contributed by atoms with E-state index in [9.17, 15) is 14.4 Å². The Balaban J connectivity index is 1.57. The zero-order valence-corrected chi connectivity index (χ0v) is 13.8. The van der Waals surface area contributed by atoms with Crippen molar-refractivity contribution in [3.63, 3.8) is 0 Å². The minimum Gasteiger partial charge on any atom is -0.452 e. The van der Waals surface area contributed by atoms with Gasteiger partial charge < -0.3 is 15.0 Å². The molecule has 0 aromatic heterocycles. The molecule has 0 saturated carbocycles. The third-order valence-corrected chi connectivity index (χ3v) is 4.57. The lowest BCUT2D eigenvalue weighted by molar-refractivity contribution is -0.136. The maximum absolute atomic E-state index is 12.2. The molecule has 1 fully saturated rings. The molecule has 1 aromatic carbocycles. The minimum absolute atomic E-state index is 0.0146. The predicted octanol–water partition coefficient (Wildman–Crippen LogP) is 1.99. The van der Waals surface area contributed by atoms with Crippen LogP contribution in [0.4, 0.5) is 5.69 Å². The van der Waals surface area contributed by atoms with Crippen LogP contribution in [0.1, 0.15) is 42.1 Å². The van der Waals surface area contributed by atoms with Gasteiger partial charge in [-0.05, 0) is 48.9 Å². The van der Waals surface area contributed by atoms with E-state index >= 15 is 0 Å². The molecule has 0 spiro atoms. The average molecular weight is 330 g/mol. The molecule has 6 nitrogen and oxygen atoms in total. The van der Waals surface area contributed by atoms with Crippen LogP contribution in [0.15, 0.2) is 18.2 Å². The third kappa shape index (κ3) is 3.75. The molecule has 2 heterocycles. The number of carbonyl (C=O) groups is 3. The number of hydrogen-bond donors (Lipinski definition) is 1. The summed E-state index contributed by atoms with van der Waals surface area (Å²) in [5.74, 6) is -0.165. The van der Waals surface area contributed by atoms with E-state index in [1.54, 1.807) is 23.1 Å². The lowest BCUT2D eigenvalue weighted by Crippen LogP contribution is -2.41. The Bertz CT molecular complexity index is 671. The van der Waals surface area contributed by atoms with Crippen LogP contribution in [0.3, 0.4) is 0 Å². The second kappa shape index (κ2) is 7.03. The summed E-state index contributed by atoms with van der Waals surface area (Å²) in [5, 5.41) is 2.77. The first kappa shape index (κ1) is 16.5. The minimum atomic E-state index is -0.506. The van der Waals surface area contributed by atoms with Gasteiger partial charge in [-0.2, -0.15) is 0 Å². The molecule has 1 unspecified atom stereocenters. The van der Waals surface area contributed by atoms with E-state index in [2.05, 4.69) is 12.2 Å². The fourth-order valence-corrected chi connectivity index (χ4v) is 3.23. The summed E-state index contributed by atoms with van der Waals surface area (Å²) in [6.45, 7) is 3.37. The highest BCUT2D eigenvalue weighted by Gasteiger charge is 2.22. The molecule has 2 aliphatic heterocycles. The van der Waals surface area contributed by atoms with Gasteiger partial charge in [0, 0.05) is 25.2 Å². The van der Waals surface area contributed by atoms with Crippen LogP contribution in [-0.2, 0) is 20.7 Å². The van der Waals surface area contributed by atoms with E-state index in [0.29, 0.717) is 24.3 Å². The summed E-state index contributed by atoms with van der Waals surface area (Å²) in [7, 11) is 0. The van der Waals surface area contributed by atoms with Gasteiger partial charge in [0.15, 0.2) is 6.61 Å². The van der Waals surface area contributed by atoms with Gasteiger partial charge in [-0.3, -0.25) is 9.59 Å². The molecule has 1 atom stereocenters. The van der Waals surface area contributed by atoms with Crippen LogP contribution in [0, 0.1) is 5.92 Å². The Kier molecular flexibility index (Phi) is 4.83. The van der Waals surface area contributed by atoms with Crippen molar-refractivity contribution in [3.05, 3.63) is 29.3 Å². The van der Waals surface area contributed by atoms with Crippen molar-refractivity contribution in [1.29, 1.82) is 0 Å². The number of amides is 2. The molecule has 3 rings (SSSR count). The van der Waals surface area contributed by atoms with Crippen molar-refractivity contribution in [3.8, 4) is 0 Å². The van der Waals surface area contributed by atoms with Crippen molar-refractivity contribution in [2.75, 3.05) is 25.0 Å². The van der Waals surface area contributed by atoms with E-state index in [1.807, 2.05) is 0 Å². The number of anilines is 1. The number of piperidine rings is 1. The Labute approximate surface area is 141 Å². The molecular formula is C18H22N2O4. The summed E-state index contributed by atoms with van der Waals surface area (Å²) >= 11 is 0. The fraction of sp³-hybridized carbons (Fsp3) is 0.500. The van der Waals surface area contributed by atoms with Crippen molar-refractivity contribution in [2.24, 2.45) is 5.92 Å². The number of aryl methyl sites for hydroxylation is 1. The van der Waals surface area contributed by atoms with E-state index in [-0.39, 0.29) is 18.4 Å². The predicted molar refractivity (Wildman–Crippen MR) is 88.7 cm³/mol. The van der Waals surface area contributed by atoms with E-state index in [4.69, 9.17) is 4.74 Å². The van der Waals surface area contributed by atoms with Gasteiger partial charge >= 0.3 is 5.97 Å². The number of esters is 1. The van der Waals surface area contributed by atoms with Crippen molar-refractivity contribution < 1.29 is 19.1 Å². The van der Waals surface area contributed by atoms with Gasteiger partial charge in [0.2, 0.25) is 5.91 Å². The van der Waals surface area contributed by atoms with Crippen LogP contribution in [-0.4, -0.2) is 42.4 Å². The lowest BCUT2D eigenvalue weighted by Gasteiger charge is -2.30. The number of rotatable bonds is 3. The number of nitrogens with one attached hydrogen (secondary N) is 1. The summed E-state index contributed by atoms with van der Waals surface area (Å²) in [6.07, 6.45) is 3.15. The number of hydrogen-bond acceptors (Lipinski definition) is 4. The molecule has 128 valence electrons. The van der Waals surface area contributed by atoms with Crippen molar-refractivity contribution >= 4 is 23.5 Å². The topological polar surface area (TPSA) is 75.7 Å². The number of benzene rings is 1. The molecule has 24 heavy (non-hydrogen) atoms. The molecule has 1 saturated heterocycles. The standard InChI is InChI=1S/C18H22N2O4/c1-12-3-2-8-20(10-12)17(22)11-24-18(23)14-4-6-15-13(9-14)5-7-16(21)19-15/h4,6,9,12H,2-3,5,7-8,10-11H2,1H3,(H,19,21). The third-order valence-electron chi connectivity index (χ3n) is 4.57. The number of likely N-dealkylation sites (tertiary alicyclic amines) is 1. The molecule has 2 aliphatic rings. The van der Waals surface area contributed by atoms with Crippen LogP contribution in [0.25, 0.3) is 0 Å². The largest absolute Gasteiger partial charge is 0.452 e. The quantitative estimate of drug-likeness (QED) is 0.860. The average Bonchev–Trinajstić information content (AvgIpc) is 2.58. The highest BCUT2D eigenvalue weighted by Crippen LogP contribution is 2.24. The van der Waals surface area contributed by atoms with E-state index in [0.717, 1.165) is 37.2 Å². The van der Waals surface area contributed by atoms with E-state index in [1.165, 1.54) is 0 Å². The van der Waals surface area contributed by atoms with Crippen LogP contribution in [0.5, 0.6) is 0 Å².